The number of fused-ring (bicyclic) bond motifs is 4. The Labute approximate surface area is 192 Å². The van der Waals surface area contributed by atoms with Gasteiger partial charge in [0.05, 0.1) is 19.3 Å². The van der Waals surface area contributed by atoms with Crippen molar-refractivity contribution in [3.8, 4) is 17.2 Å². The van der Waals surface area contributed by atoms with Crippen LogP contribution in [0.15, 0.2) is 53.8 Å². The number of methoxy groups -OCH3 is 1. The summed E-state index contributed by atoms with van der Waals surface area (Å²) in [5, 5.41) is 11.5. The lowest BCUT2D eigenvalue weighted by atomic mass is 9.77. The third kappa shape index (κ3) is 3.79. The van der Waals surface area contributed by atoms with Crippen LogP contribution in [0.3, 0.4) is 0 Å². The molecule has 0 spiro atoms. The van der Waals surface area contributed by atoms with Gasteiger partial charge in [-0.25, -0.2) is 0 Å². The molecule has 2 unspecified atom stereocenters. The second kappa shape index (κ2) is 8.43. The molecule has 2 aliphatic heterocycles. The summed E-state index contributed by atoms with van der Waals surface area (Å²) >= 11 is 6.22. The summed E-state index contributed by atoms with van der Waals surface area (Å²) in [5.74, 6) is 1.21. The smallest absolute Gasteiger partial charge is 0.256 e. The number of aliphatic hydroxyl groups is 1. The monoisotopic (exact) mass is 455 g/mol. The van der Waals surface area contributed by atoms with Crippen molar-refractivity contribution in [1.82, 2.24) is 4.90 Å². The highest BCUT2D eigenvalue weighted by Crippen LogP contribution is 2.50. The van der Waals surface area contributed by atoms with Gasteiger partial charge in [0.25, 0.3) is 5.91 Å². The van der Waals surface area contributed by atoms with Crippen molar-refractivity contribution >= 4 is 23.6 Å². The normalized spacial score (nSPS) is 23.6. The van der Waals surface area contributed by atoms with Crippen LogP contribution in [0.2, 0.25) is 5.02 Å². The van der Waals surface area contributed by atoms with E-state index in [2.05, 4.69) is 0 Å². The first kappa shape index (κ1) is 22.1. The Morgan fingerprint density at radius 2 is 2.09 bits per heavy atom. The van der Waals surface area contributed by atoms with Crippen LogP contribution < -0.4 is 14.2 Å². The van der Waals surface area contributed by atoms with Crippen LogP contribution in [0.1, 0.15) is 37.3 Å². The molecular formula is C25H26ClNO5. The first-order chi connectivity index (χ1) is 15.3. The zero-order valence-corrected chi connectivity index (χ0v) is 19.3. The molecule has 2 aromatic carbocycles. The molecule has 7 heteroatoms. The number of carbonyl (C=O) groups excluding carboxylic acids is 1. The van der Waals surface area contributed by atoms with Gasteiger partial charge in [-0.05, 0) is 55.8 Å². The lowest BCUT2D eigenvalue weighted by Gasteiger charge is -2.50. The molecule has 1 N–H and O–H groups in total. The van der Waals surface area contributed by atoms with Crippen LogP contribution in [0.5, 0.6) is 17.2 Å². The van der Waals surface area contributed by atoms with Crippen LogP contribution in [0, 0.1) is 0 Å². The minimum atomic E-state index is -0.793. The predicted molar refractivity (Wildman–Crippen MR) is 123 cm³/mol. The largest absolute Gasteiger partial charge is 0.507 e. The Hall–Kier alpha value is -3.12. The predicted octanol–water partition coefficient (Wildman–Crippen LogP) is 5.33. The van der Waals surface area contributed by atoms with Crippen molar-refractivity contribution in [3.63, 3.8) is 0 Å². The second-order valence-corrected chi connectivity index (χ2v) is 8.49. The molecule has 2 atom stereocenters. The molecule has 32 heavy (non-hydrogen) atoms. The van der Waals surface area contributed by atoms with Gasteiger partial charge in [0.15, 0.2) is 17.2 Å². The molecule has 1 saturated heterocycles. The van der Waals surface area contributed by atoms with E-state index in [-0.39, 0.29) is 17.6 Å². The maximum absolute atomic E-state index is 13.2. The van der Waals surface area contributed by atoms with E-state index in [0.29, 0.717) is 40.9 Å². The van der Waals surface area contributed by atoms with Crippen LogP contribution in [0.25, 0.3) is 6.08 Å². The fraction of sp³-hybridized carbons (Fsp3) is 0.320. The molecule has 0 aliphatic carbocycles. The quantitative estimate of drug-likeness (QED) is 0.487. The molecule has 1 amide bonds. The fourth-order valence-electron chi connectivity index (χ4n) is 4.27. The molecule has 4 rings (SSSR count). The van der Waals surface area contributed by atoms with Gasteiger partial charge in [-0.15, -0.1) is 0 Å². The number of benzene rings is 2. The fourth-order valence-corrected chi connectivity index (χ4v) is 4.46. The highest BCUT2D eigenvalue weighted by atomic mass is 35.5. The Kier molecular flexibility index (Phi) is 5.82. The number of amides is 1. The highest BCUT2D eigenvalue weighted by Gasteiger charge is 2.51. The zero-order chi connectivity index (χ0) is 23.0. The maximum atomic E-state index is 13.2. The number of carbonyl (C=O) groups is 1. The Morgan fingerprint density at radius 1 is 1.31 bits per heavy atom. The number of aliphatic hydroxyl groups excluding tert-OH is 1. The van der Waals surface area contributed by atoms with E-state index in [1.54, 1.807) is 43.3 Å². The summed E-state index contributed by atoms with van der Waals surface area (Å²) in [6, 6.07) is 10.9. The van der Waals surface area contributed by atoms with E-state index in [9.17, 15) is 9.90 Å². The molecule has 6 nitrogen and oxygen atoms in total. The van der Waals surface area contributed by atoms with E-state index in [1.165, 1.54) is 0 Å². The van der Waals surface area contributed by atoms with E-state index in [1.807, 2.05) is 38.1 Å². The molecular weight excluding hydrogens is 430 g/mol. The van der Waals surface area contributed by atoms with Gasteiger partial charge in [-0.3, -0.25) is 4.79 Å². The molecule has 0 aromatic heterocycles. The van der Waals surface area contributed by atoms with E-state index < -0.39 is 5.72 Å². The highest BCUT2D eigenvalue weighted by molar-refractivity contribution is 6.30. The van der Waals surface area contributed by atoms with E-state index >= 15 is 0 Å². The van der Waals surface area contributed by atoms with Crippen molar-refractivity contribution in [2.24, 2.45) is 0 Å². The number of allylic oxidation sites excluding steroid dienone is 1. The van der Waals surface area contributed by atoms with Crippen LogP contribution in [-0.4, -0.2) is 42.4 Å². The van der Waals surface area contributed by atoms with Crippen molar-refractivity contribution in [2.45, 2.75) is 31.9 Å². The molecule has 0 saturated carbocycles. The second-order valence-electron chi connectivity index (χ2n) is 8.06. The average molecular weight is 456 g/mol. The molecule has 2 bridgehead atoms. The molecule has 1 fully saturated rings. The van der Waals surface area contributed by atoms with Crippen molar-refractivity contribution in [1.29, 1.82) is 0 Å². The number of hydrogen-bond donors (Lipinski definition) is 1. The number of hydrogen-bond acceptors (Lipinski definition) is 5. The lowest BCUT2D eigenvalue weighted by Crippen LogP contribution is -2.59. The average Bonchev–Trinajstić information content (AvgIpc) is 2.77. The minimum Gasteiger partial charge on any atom is -0.507 e. The summed E-state index contributed by atoms with van der Waals surface area (Å²) < 4.78 is 17.1. The summed E-state index contributed by atoms with van der Waals surface area (Å²) in [4.78, 5) is 14.8. The van der Waals surface area contributed by atoms with Gasteiger partial charge in [-0.1, -0.05) is 23.7 Å². The third-order valence-corrected chi connectivity index (χ3v) is 6.29. The van der Waals surface area contributed by atoms with Crippen molar-refractivity contribution < 1.29 is 24.1 Å². The van der Waals surface area contributed by atoms with Gasteiger partial charge in [0.1, 0.15) is 11.5 Å². The van der Waals surface area contributed by atoms with E-state index in [4.69, 9.17) is 25.8 Å². The first-order valence-electron chi connectivity index (χ1n) is 10.5. The molecule has 2 aromatic rings. The number of rotatable bonds is 5. The minimum absolute atomic E-state index is 0.0884. The number of nitrogens with zero attached hydrogens (tertiary/aromatic N) is 1. The van der Waals surface area contributed by atoms with Crippen LogP contribution in [0.4, 0.5) is 0 Å². The summed E-state index contributed by atoms with van der Waals surface area (Å²) in [7, 11) is 3.26. The molecule has 168 valence electrons. The zero-order valence-electron chi connectivity index (χ0n) is 18.5. The van der Waals surface area contributed by atoms with E-state index in [0.717, 1.165) is 11.1 Å². The third-order valence-electron chi connectivity index (χ3n) is 6.05. The van der Waals surface area contributed by atoms with Crippen LogP contribution in [-0.2, 0) is 4.79 Å². The van der Waals surface area contributed by atoms with Crippen molar-refractivity contribution in [3.05, 3.63) is 70.0 Å². The van der Waals surface area contributed by atoms with Crippen LogP contribution >= 0.6 is 11.6 Å². The Balaban J connectivity index is 1.74. The standard InChI is InChI=1S/C25H26ClNO5/c1-5-31-21-10-7-15(12-22(21)30-4)6-9-19(28)23-18-14-25(2,27(3)24(23)29)32-20-11-8-16(26)13-17(18)20/h6-13,18,28H,5,14H2,1-4H3/b9-6+,23-19-. The van der Waals surface area contributed by atoms with Gasteiger partial charge >= 0.3 is 0 Å². The topological polar surface area (TPSA) is 68.2 Å². The van der Waals surface area contributed by atoms with Crippen molar-refractivity contribution in [2.75, 3.05) is 20.8 Å². The molecule has 2 aliphatic rings. The molecule has 2 heterocycles. The van der Waals surface area contributed by atoms with Gasteiger partial charge in [-0.2, -0.15) is 0 Å². The number of ether oxygens (including phenoxy) is 3. The Bertz CT molecular complexity index is 1130. The lowest BCUT2D eigenvalue weighted by molar-refractivity contribution is -0.153. The van der Waals surface area contributed by atoms with Gasteiger partial charge < -0.3 is 24.2 Å². The Morgan fingerprint density at radius 3 is 2.81 bits per heavy atom. The number of piperidine rings is 1. The van der Waals surface area contributed by atoms with Gasteiger partial charge in [0.2, 0.25) is 0 Å². The summed E-state index contributed by atoms with van der Waals surface area (Å²) in [5.41, 5.74) is 1.13. The maximum Gasteiger partial charge on any atom is 0.256 e. The SMILES string of the molecule is CCOc1ccc(/C=C/C(O)=C2/C(=O)N(C)C3(C)CC2c2cc(Cl)ccc2O3)cc1OC. The first-order valence-corrected chi connectivity index (χ1v) is 10.8. The summed E-state index contributed by atoms with van der Waals surface area (Å²) in [6.45, 7) is 4.32. The molecule has 0 radical (unpaired) electrons. The summed E-state index contributed by atoms with van der Waals surface area (Å²) in [6.07, 6.45) is 3.80. The number of halogens is 1. The number of likely N-dealkylation sites (N-methyl/N-ethyl adjacent to an activating group) is 1. The van der Waals surface area contributed by atoms with Gasteiger partial charge in [0, 0.05) is 30.0 Å². The number of likely N-dealkylation sites (tertiary alicyclic amines) is 1.